The standard InChI is InChI=1S/C19H27N3.C2HF3O2/c1-14(2)19(20)10-13-22-15(3)16-4-6-17(7-5-16)18-8-11-21-12-9-18;3-2(4,5)1(6)7/h4-9,11-12,14-15,19,22H,10,13,20H2,1-3H3;(H,6,7)/t15?,19-;/m1./s1. The first-order valence-corrected chi connectivity index (χ1v) is 9.31. The molecule has 0 amide bonds. The summed E-state index contributed by atoms with van der Waals surface area (Å²) < 4.78 is 31.7. The molecule has 1 aromatic carbocycles. The minimum atomic E-state index is -5.08. The van der Waals surface area contributed by atoms with Crippen molar-refractivity contribution in [3.63, 3.8) is 0 Å². The highest BCUT2D eigenvalue weighted by Gasteiger charge is 2.38. The predicted molar refractivity (Wildman–Crippen MR) is 107 cm³/mol. The van der Waals surface area contributed by atoms with Gasteiger partial charge in [-0.25, -0.2) is 4.79 Å². The number of nitrogens with zero attached hydrogens (tertiary/aromatic N) is 1. The van der Waals surface area contributed by atoms with Crippen LogP contribution in [-0.2, 0) is 4.79 Å². The quantitative estimate of drug-likeness (QED) is 0.628. The molecule has 160 valence electrons. The van der Waals surface area contributed by atoms with E-state index < -0.39 is 12.1 Å². The molecule has 0 saturated carbocycles. The van der Waals surface area contributed by atoms with Gasteiger partial charge in [0.1, 0.15) is 0 Å². The number of carbonyl (C=O) groups is 1. The van der Waals surface area contributed by atoms with E-state index in [0.29, 0.717) is 12.0 Å². The van der Waals surface area contributed by atoms with Gasteiger partial charge in [-0.2, -0.15) is 13.2 Å². The molecule has 0 saturated heterocycles. The van der Waals surface area contributed by atoms with Crippen molar-refractivity contribution < 1.29 is 23.1 Å². The summed E-state index contributed by atoms with van der Waals surface area (Å²) in [5, 5.41) is 10.7. The summed E-state index contributed by atoms with van der Waals surface area (Å²) in [6, 6.07) is 13.4. The fraction of sp³-hybridized carbons (Fsp3) is 0.429. The Morgan fingerprint density at radius 2 is 1.55 bits per heavy atom. The second kappa shape index (κ2) is 11.5. The summed E-state index contributed by atoms with van der Waals surface area (Å²) in [7, 11) is 0. The Labute approximate surface area is 169 Å². The van der Waals surface area contributed by atoms with Crippen LogP contribution in [-0.4, -0.2) is 34.8 Å². The molecule has 1 unspecified atom stereocenters. The van der Waals surface area contributed by atoms with E-state index >= 15 is 0 Å². The van der Waals surface area contributed by atoms with E-state index in [4.69, 9.17) is 15.6 Å². The molecule has 2 atom stereocenters. The molecule has 2 aromatic rings. The highest BCUT2D eigenvalue weighted by molar-refractivity contribution is 5.73. The van der Waals surface area contributed by atoms with Gasteiger partial charge in [-0.15, -0.1) is 0 Å². The van der Waals surface area contributed by atoms with Crippen LogP contribution >= 0.6 is 0 Å². The van der Waals surface area contributed by atoms with E-state index in [9.17, 15) is 13.2 Å². The fourth-order valence-electron chi connectivity index (χ4n) is 2.43. The average molecular weight is 411 g/mol. The van der Waals surface area contributed by atoms with Gasteiger partial charge in [-0.05, 0) is 54.6 Å². The third-order valence-electron chi connectivity index (χ3n) is 4.45. The first kappa shape index (κ1) is 24.6. The van der Waals surface area contributed by atoms with Gasteiger partial charge < -0.3 is 16.2 Å². The van der Waals surface area contributed by atoms with E-state index in [1.54, 1.807) is 0 Å². The van der Waals surface area contributed by atoms with Crippen LogP contribution in [0.5, 0.6) is 0 Å². The van der Waals surface area contributed by atoms with E-state index in [0.717, 1.165) is 13.0 Å². The van der Waals surface area contributed by atoms with Gasteiger partial charge in [0, 0.05) is 24.5 Å². The summed E-state index contributed by atoms with van der Waals surface area (Å²) in [5.74, 6) is -2.22. The summed E-state index contributed by atoms with van der Waals surface area (Å²) in [4.78, 5) is 13.0. The predicted octanol–water partition coefficient (Wildman–Crippen LogP) is 4.41. The Morgan fingerprint density at radius 1 is 1.07 bits per heavy atom. The van der Waals surface area contributed by atoms with Crippen LogP contribution in [0.3, 0.4) is 0 Å². The number of nitrogens with two attached hydrogens (primary N) is 1. The number of carboxylic acids is 1. The van der Waals surface area contributed by atoms with Gasteiger partial charge in [0.15, 0.2) is 0 Å². The number of halogens is 3. The van der Waals surface area contributed by atoms with E-state index in [1.165, 1.54) is 16.7 Å². The van der Waals surface area contributed by atoms with E-state index in [2.05, 4.69) is 55.3 Å². The van der Waals surface area contributed by atoms with Gasteiger partial charge in [-0.1, -0.05) is 38.1 Å². The second-order valence-corrected chi connectivity index (χ2v) is 7.03. The van der Waals surface area contributed by atoms with Crippen LogP contribution in [0, 0.1) is 5.92 Å². The Hall–Kier alpha value is -2.45. The fourth-order valence-corrected chi connectivity index (χ4v) is 2.43. The molecular weight excluding hydrogens is 383 g/mol. The van der Waals surface area contributed by atoms with Crippen LogP contribution in [0.15, 0.2) is 48.8 Å². The van der Waals surface area contributed by atoms with Gasteiger partial charge >= 0.3 is 12.1 Å². The monoisotopic (exact) mass is 411 g/mol. The van der Waals surface area contributed by atoms with Crippen molar-refractivity contribution >= 4 is 5.97 Å². The molecule has 0 aliphatic rings. The lowest BCUT2D eigenvalue weighted by molar-refractivity contribution is -0.192. The van der Waals surface area contributed by atoms with Crippen LogP contribution in [0.25, 0.3) is 11.1 Å². The van der Waals surface area contributed by atoms with Gasteiger partial charge in [-0.3, -0.25) is 4.98 Å². The average Bonchev–Trinajstić information content (AvgIpc) is 2.68. The number of carboxylic acid groups (broad SMARTS) is 1. The molecule has 0 aliphatic carbocycles. The Morgan fingerprint density at radius 3 is 2.00 bits per heavy atom. The highest BCUT2D eigenvalue weighted by atomic mass is 19.4. The maximum Gasteiger partial charge on any atom is 0.490 e. The van der Waals surface area contributed by atoms with Crippen LogP contribution in [0.1, 0.15) is 38.8 Å². The van der Waals surface area contributed by atoms with Crippen molar-refractivity contribution in [3.8, 4) is 11.1 Å². The topological polar surface area (TPSA) is 88.2 Å². The van der Waals surface area contributed by atoms with E-state index in [-0.39, 0.29) is 6.04 Å². The number of hydrogen-bond acceptors (Lipinski definition) is 4. The van der Waals surface area contributed by atoms with Crippen LogP contribution in [0.2, 0.25) is 0 Å². The molecule has 8 heteroatoms. The van der Waals surface area contributed by atoms with Crippen molar-refractivity contribution in [2.24, 2.45) is 11.7 Å². The molecule has 1 heterocycles. The molecule has 0 radical (unpaired) electrons. The van der Waals surface area contributed by atoms with Gasteiger partial charge in [0.2, 0.25) is 0 Å². The molecule has 5 nitrogen and oxygen atoms in total. The molecule has 0 fully saturated rings. The zero-order valence-corrected chi connectivity index (χ0v) is 16.8. The number of hydrogen-bond donors (Lipinski definition) is 3. The maximum atomic E-state index is 10.6. The smallest absolute Gasteiger partial charge is 0.475 e. The summed E-state index contributed by atoms with van der Waals surface area (Å²) >= 11 is 0. The Bertz CT molecular complexity index is 735. The van der Waals surface area contributed by atoms with Gasteiger partial charge in [0.25, 0.3) is 0 Å². The zero-order valence-electron chi connectivity index (χ0n) is 16.8. The number of aliphatic carboxylic acids is 1. The molecule has 29 heavy (non-hydrogen) atoms. The first-order valence-electron chi connectivity index (χ1n) is 9.31. The lowest BCUT2D eigenvalue weighted by atomic mass is 10.0. The zero-order chi connectivity index (χ0) is 22.0. The minimum Gasteiger partial charge on any atom is -0.475 e. The van der Waals surface area contributed by atoms with Crippen molar-refractivity contribution in [2.75, 3.05) is 6.54 Å². The van der Waals surface area contributed by atoms with Crippen molar-refractivity contribution in [2.45, 2.75) is 45.5 Å². The molecule has 4 N–H and O–H groups in total. The number of nitrogens with one attached hydrogen (secondary N) is 1. The van der Waals surface area contributed by atoms with Crippen molar-refractivity contribution in [1.82, 2.24) is 10.3 Å². The van der Waals surface area contributed by atoms with Gasteiger partial charge in [0.05, 0.1) is 0 Å². The largest absolute Gasteiger partial charge is 0.490 e. The minimum absolute atomic E-state index is 0.272. The number of aromatic nitrogens is 1. The number of rotatable bonds is 7. The molecule has 0 bridgehead atoms. The molecule has 0 aliphatic heterocycles. The Kier molecular flexibility index (Phi) is 9.77. The maximum absolute atomic E-state index is 10.6. The lowest BCUT2D eigenvalue weighted by Crippen LogP contribution is -2.31. The molecule has 0 spiro atoms. The number of alkyl halides is 3. The summed E-state index contributed by atoms with van der Waals surface area (Å²) in [5.41, 5.74) is 9.80. The highest BCUT2D eigenvalue weighted by Crippen LogP contribution is 2.21. The number of pyridine rings is 1. The van der Waals surface area contributed by atoms with Crippen molar-refractivity contribution in [3.05, 3.63) is 54.4 Å². The van der Waals surface area contributed by atoms with Crippen LogP contribution in [0.4, 0.5) is 13.2 Å². The molecule has 2 rings (SSSR count). The normalized spacial score (nSPS) is 13.4. The lowest BCUT2D eigenvalue weighted by Gasteiger charge is -2.19. The summed E-state index contributed by atoms with van der Waals surface area (Å²) in [6.45, 7) is 7.49. The summed E-state index contributed by atoms with van der Waals surface area (Å²) in [6.07, 6.45) is -0.423. The number of benzene rings is 1. The van der Waals surface area contributed by atoms with Crippen molar-refractivity contribution in [1.29, 1.82) is 0 Å². The molecular formula is C21H28F3N3O2. The molecule has 1 aromatic heterocycles. The SMILES string of the molecule is CC(NCC[C@@H](N)C(C)C)c1ccc(-c2ccncc2)cc1.O=C(O)C(F)(F)F. The van der Waals surface area contributed by atoms with Crippen LogP contribution < -0.4 is 11.1 Å². The van der Waals surface area contributed by atoms with E-state index in [1.807, 2.05) is 24.5 Å². The third-order valence-corrected chi connectivity index (χ3v) is 4.45. The first-order chi connectivity index (χ1) is 13.5. The second-order valence-electron chi connectivity index (χ2n) is 7.03. The third kappa shape index (κ3) is 9.06. The Balaban J connectivity index is 0.000000516.